The summed E-state index contributed by atoms with van der Waals surface area (Å²) in [6.07, 6.45) is 13.1. The lowest BCUT2D eigenvalue weighted by Gasteiger charge is -2.38. The predicted octanol–water partition coefficient (Wildman–Crippen LogP) is 9.14. The van der Waals surface area contributed by atoms with E-state index in [1.807, 2.05) is 18.2 Å². The molecule has 0 saturated heterocycles. The van der Waals surface area contributed by atoms with Crippen LogP contribution in [-0.4, -0.2) is 0 Å². The molecule has 5 aromatic rings. The molecule has 7 rings (SSSR count). The quantitative estimate of drug-likeness (QED) is 0.227. The van der Waals surface area contributed by atoms with Gasteiger partial charge in [0.2, 0.25) is 5.69 Å². The molecule has 3 nitrogen and oxygen atoms in total. The zero-order valence-electron chi connectivity index (χ0n) is 23.0. The van der Waals surface area contributed by atoms with Crippen LogP contribution in [0.15, 0.2) is 77.3 Å². The van der Waals surface area contributed by atoms with Gasteiger partial charge in [0, 0.05) is 28.5 Å². The van der Waals surface area contributed by atoms with Crippen LogP contribution in [0.3, 0.4) is 0 Å². The molecule has 2 aliphatic carbocycles. The van der Waals surface area contributed by atoms with Gasteiger partial charge >= 0.3 is 0 Å². The molecule has 0 radical (unpaired) electrons. The van der Waals surface area contributed by atoms with Gasteiger partial charge in [0.15, 0.2) is 6.20 Å². The van der Waals surface area contributed by atoms with Gasteiger partial charge in [-0.1, -0.05) is 55.7 Å². The van der Waals surface area contributed by atoms with Crippen LogP contribution in [0.25, 0.3) is 44.3 Å². The van der Waals surface area contributed by atoms with Crippen molar-refractivity contribution >= 4 is 21.9 Å². The summed E-state index contributed by atoms with van der Waals surface area (Å²) in [5.74, 6) is 0.653. The van der Waals surface area contributed by atoms with Gasteiger partial charge in [-0.15, -0.1) is 0 Å². The van der Waals surface area contributed by atoms with Crippen molar-refractivity contribution in [2.75, 3.05) is 0 Å². The Morgan fingerprint density at radius 1 is 0.846 bits per heavy atom. The molecular weight excluding hydrogens is 476 g/mol. The zero-order chi connectivity index (χ0) is 26.6. The van der Waals surface area contributed by atoms with Gasteiger partial charge < -0.3 is 4.42 Å². The maximum absolute atomic E-state index is 10.1. The maximum Gasteiger partial charge on any atom is 0.216 e. The Morgan fingerprint density at radius 3 is 2.31 bits per heavy atom. The molecule has 0 bridgehead atoms. The molecule has 2 fully saturated rings. The van der Waals surface area contributed by atoms with E-state index >= 15 is 0 Å². The monoisotopic (exact) mass is 511 g/mol. The summed E-state index contributed by atoms with van der Waals surface area (Å²) in [4.78, 5) is 0. The highest BCUT2D eigenvalue weighted by Crippen LogP contribution is 2.53. The van der Waals surface area contributed by atoms with E-state index in [1.165, 1.54) is 62.5 Å². The van der Waals surface area contributed by atoms with Crippen LogP contribution in [0.1, 0.15) is 74.0 Å². The Kier molecular flexibility index (Phi) is 5.81. The summed E-state index contributed by atoms with van der Waals surface area (Å²) in [5.41, 5.74) is 9.71. The van der Waals surface area contributed by atoms with E-state index in [0.717, 1.165) is 44.3 Å². The third kappa shape index (κ3) is 3.97. The molecule has 194 valence electrons. The number of hydrogen-bond donors (Lipinski definition) is 0. The van der Waals surface area contributed by atoms with Crippen molar-refractivity contribution in [3.05, 3.63) is 89.6 Å². The third-order valence-electron chi connectivity index (χ3n) is 9.72. The summed E-state index contributed by atoms with van der Waals surface area (Å²) in [5, 5.41) is 12.2. The molecule has 2 aromatic heterocycles. The van der Waals surface area contributed by atoms with Crippen LogP contribution >= 0.6 is 0 Å². The minimum Gasteiger partial charge on any atom is -0.454 e. The molecule has 1 spiro atoms. The number of furan rings is 1. The average Bonchev–Trinajstić information content (AvgIpc) is 3.57. The molecular formula is C36H35N2O+. The predicted molar refractivity (Wildman–Crippen MR) is 157 cm³/mol. The van der Waals surface area contributed by atoms with Gasteiger partial charge in [-0.25, -0.2) is 4.57 Å². The third-order valence-corrected chi connectivity index (χ3v) is 9.72. The second kappa shape index (κ2) is 9.38. The first-order valence-corrected chi connectivity index (χ1v) is 14.5. The number of nitriles is 1. The molecule has 39 heavy (non-hydrogen) atoms. The van der Waals surface area contributed by atoms with Crippen molar-refractivity contribution in [2.45, 2.75) is 64.2 Å². The average molecular weight is 512 g/mol. The van der Waals surface area contributed by atoms with Gasteiger partial charge in [0.1, 0.15) is 18.2 Å². The second-order valence-corrected chi connectivity index (χ2v) is 12.0. The lowest BCUT2D eigenvalue weighted by atomic mass is 9.67. The van der Waals surface area contributed by atoms with Gasteiger partial charge in [0.25, 0.3) is 0 Å². The van der Waals surface area contributed by atoms with E-state index < -0.39 is 0 Å². The van der Waals surface area contributed by atoms with E-state index in [9.17, 15) is 5.26 Å². The number of fused-ring (bicyclic) bond motifs is 3. The summed E-state index contributed by atoms with van der Waals surface area (Å²) in [6.45, 7) is 2.14. The van der Waals surface area contributed by atoms with Crippen molar-refractivity contribution in [1.82, 2.24) is 0 Å². The van der Waals surface area contributed by atoms with Crippen molar-refractivity contribution in [1.29, 1.82) is 5.26 Å². The maximum atomic E-state index is 10.1. The molecule has 3 heteroatoms. The summed E-state index contributed by atoms with van der Waals surface area (Å²) >= 11 is 0. The Balaban J connectivity index is 1.35. The van der Waals surface area contributed by atoms with Crippen LogP contribution < -0.4 is 4.57 Å². The van der Waals surface area contributed by atoms with Crippen molar-refractivity contribution < 1.29 is 8.98 Å². The minimum absolute atomic E-state index is 0.598. The highest BCUT2D eigenvalue weighted by atomic mass is 16.3. The number of aryl methyl sites for hydroxylation is 2. The lowest BCUT2D eigenvalue weighted by Crippen LogP contribution is -2.30. The van der Waals surface area contributed by atoms with Crippen LogP contribution in [-0.2, 0) is 7.05 Å². The Morgan fingerprint density at radius 2 is 1.56 bits per heavy atom. The number of aromatic nitrogens is 1. The number of nitrogens with zero attached hydrogens (tertiary/aromatic N) is 2. The molecule has 2 heterocycles. The molecule has 1 atom stereocenters. The number of rotatable bonds is 3. The molecule has 3 aromatic carbocycles. The second-order valence-electron chi connectivity index (χ2n) is 12.0. The van der Waals surface area contributed by atoms with E-state index in [0.29, 0.717) is 16.9 Å². The zero-order valence-corrected chi connectivity index (χ0v) is 23.0. The molecule has 2 saturated carbocycles. The summed E-state index contributed by atoms with van der Waals surface area (Å²) in [6, 6.07) is 26.1. The van der Waals surface area contributed by atoms with Crippen molar-refractivity contribution in [2.24, 2.45) is 12.5 Å². The van der Waals surface area contributed by atoms with E-state index in [1.54, 1.807) is 0 Å². The van der Waals surface area contributed by atoms with Crippen LogP contribution in [0.5, 0.6) is 0 Å². The molecule has 0 aliphatic heterocycles. The number of benzene rings is 3. The first-order valence-electron chi connectivity index (χ1n) is 14.5. The van der Waals surface area contributed by atoms with Gasteiger partial charge in [-0.05, 0) is 85.3 Å². The Hall–Kier alpha value is -3.90. The molecule has 2 aliphatic rings. The Bertz CT molecular complexity index is 1750. The fourth-order valence-electron chi connectivity index (χ4n) is 7.72. The summed E-state index contributed by atoms with van der Waals surface area (Å²) < 4.78 is 8.88. The van der Waals surface area contributed by atoms with E-state index in [2.05, 4.69) is 79.3 Å². The van der Waals surface area contributed by atoms with Gasteiger partial charge in [0.05, 0.1) is 17.2 Å². The lowest BCUT2D eigenvalue weighted by molar-refractivity contribution is -0.660. The Labute approximate surface area is 230 Å². The van der Waals surface area contributed by atoms with Gasteiger partial charge in [-0.2, -0.15) is 5.26 Å². The van der Waals surface area contributed by atoms with E-state index in [4.69, 9.17) is 4.42 Å². The number of hydrogen-bond acceptors (Lipinski definition) is 2. The minimum atomic E-state index is 0.598. The number of pyridine rings is 1. The molecule has 1 unspecified atom stereocenters. The van der Waals surface area contributed by atoms with Crippen molar-refractivity contribution in [3.8, 4) is 28.5 Å². The summed E-state index contributed by atoms with van der Waals surface area (Å²) in [7, 11) is 2.07. The fourth-order valence-corrected chi connectivity index (χ4v) is 7.72. The van der Waals surface area contributed by atoms with Gasteiger partial charge in [-0.3, -0.25) is 0 Å². The highest BCUT2D eigenvalue weighted by molar-refractivity contribution is 6.14. The van der Waals surface area contributed by atoms with Crippen LogP contribution in [0, 0.1) is 23.7 Å². The van der Waals surface area contributed by atoms with Crippen molar-refractivity contribution in [3.63, 3.8) is 0 Å². The fraction of sp³-hybridized carbons (Fsp3) is 0.333. The molecule has 0 amide bonds. The molecule has 0 N–H and O–H groups in total. The first-order chi connectivity index (χ1) is 19.1. The first kappa shape index (κ1) is 24.2. The van der Waals surface area contributed by atoms with E-state index in [-0.39, 0.29) is 0 Å². The topological polar surface area (TPSA) is 40.8 Å². The highest BCUT2D eigenvalue weighted by Gasteiger charge is 2.38. The standard InChI is InChI=1S/C36H35N2O/c1-24-10-16-29-30-17-15-28(23-37)33(35(30)39-34(29)32(24)31-9-3-6-21-38(31)2)26-13-11-25(12-14-26)27-8-7-20-36(22-27)18-4-5-19-36/h3,6,9-17,21,27H,4-5,7-8,18-20,22H2,1-2H3/q+1. The normalized spacial score (nSPS) is 18.6. The largest absolute Gasteiger partial charge is 0.454 e. The van der Waals surface area contributed by atoms with Crippen LogP contribution in [0.4, 0.5) is 0 Å². The smallest absolute Gasteiger partial charge is 0.216 e. The SMILES string of the molecule is Cc1ccc2c(oc3c(-c4ccc(C5CCCC6(CCCC6)C5)cc4)c(C#N)ccc32)c1-c1cccc[n+]1C. The van der Waals surface area contributed by atoms with Crippen LogP contribution in [0.2, 0.25) is 0 Å².